The molecule has 0 radical (unpaired) electrons. The van der Waals surface area contributed by atoms with Crippen molar-refractivity contribution in [1.29, 1.82) is 0 Å². The van der Waals surface area contributed by atoms with Gasteiger partial charge in [0.05, 0.1) is 28.8 Å². The highest BCUT2D eigenvalue weighted by atomic mass is 32.2. The number of aryl methyl sites for hydroxylation is 1. The van der Waals surface area contributed by atoms with Crippen LogP contribution in [0.4, 0.5) is 0 Å². The van der Waals surface area contributed by atoms with Crippen LogP contribution in [0.3, 0.4) is 0 Å². The van der Waals surface area contributed by atoms with E-state index in [1.54, 1.807) is 44.5 Å². The maximum atomic E-state index is 12.6. The van der Waals surface area contributed by atoms with Crippen molar-refractivity contribution in [1.82, 2.24) is 19.4 Å². The van der Waals surface area contributed by atoms with E-state index in [2.05, 4.69) is 14.9 Å². The van der Waals surface area contributed by atoms with Gasteiger partial charge in [-0.15, -0.1) is 0 Å². The van der Waals surface area contributed by atoms with Crippen molar-refractivity contribution in [3.63, 3.8) is 0 Å². The summed E-state index contributed by atoms with van der Waals surface area (Å²) in [6, 6.07) is 11.7. The summed E-state index contributed by atoms with van der Waals surface area (Å²) in [4.78, 5) is 15.9. The number of thiazole rings is 1. The molecule has 9 nitrogen and oxygen atoms in total. The average Bonchev–Trinajstić information content (AvgIpc) is 3.31. The Bertz CT molecular complexity index is 1350. The number of hydrogen-bond donors (Lipinski definition) is 1. The maximum Gasteiger partial charge on any atom is 0.307 e. The highest BCUT2D eigenvalue weighted by molar-refractivity contribution is 7.89. The van der Waals surface area contributed by atoms with Crippen molar-refractivity contribution >= 4 is 31.6 Å². The maximum absolute atomic E-state index is 12.6. The van der Waals surface area contributed by atoms with Crippen LogP contribution in [0, 0.1) is 0 Å². The topological polar surface area (TPSA) is 116 Å². The van der Waals surface area contributed by atoms with Gasteiger partial charge >= 0.3 is 4.87 Å². The van der Waals surface area contributed by atoms with Crippen molar-refractivity contribution in [2.45, 2.75) is 11.4 Å². The second-order valence-electron chi connectivity index (χ2n) is 6.12. The molecule has 150 valence electrons. The van der Waals surface area contributed by atoms with Crippen LogP contribution >= 0.6 is 11.3 Å². The summed E-state index contributed by atoms with van der Waals surface area (Å²) in [6.07, 6.45) is 0. The largest absolute Gasteiger partial charge is 0.497 e. The Hall–Kier alpha value is -3.02. The van der Waals surface area contributed by atoms with E-state index in [4.69, 9.17) is 9.26 Å². The molecular formula is C18H16N4O5S2. The summed E-state index contributed by atoms with van der Waals surface area (Å²) in [5, 5.41) is 3.88. The SMILES string of the molecule is COc1cccc(-c2noc(CNS(=O)(=O)c3ccc4c(c3)sc(=O)n4C)n2)c1. The second-order valence-corrected chi connectivity index (χ2v) is 8.88. The Morgan fingerprint density at radius 1 is 1.24 bits per heavy atom. The van der Waals surface area contributed by atoms with Crippen LogP contribution in [0.5, 0.6) is 5.75 Å². The molecule has 2 heterocycles. The number of hydrogen-bond acceptors (Lipinski definition) is 8. The minimum Gasteiger partial charge on any atom is -0.497 e. The molecule has 0 saturated heterocycles. The molecule has 0 aliphatic heterocycles. The third-order valence-corrected chi connectivity index (χ3v) is 6.68. The fourth-order valence-electron chi connectivity index (χ4n) is 2.73. The van der Waals surface area contributed by atoms with Crippen molar-refractivity contribution in [3.8, 4) is 17.1 Å². The Labute approximate surface area is 169 Å². The summed E-state index contributed by atoms with van der Waals surface area (Å²) in [7, 11) is -0.624. The molecule has 0 aliphatic carbocycles. The number of nitrogens with one attached hydrogen (secondary N) is 1. The minimum absolute atomic E-state index is 0.0550. The van der Waals surface area contributed by atoms with Crippen LogP contribution in [-0.4, -0.2) is 30.2 Å². The first-order valence-electron chi connectivity index (χ1n) is 8.43. The fourth-order valence-corrected chi connectivity index (χ4v) is 4.72. The molecule has 0 saturated carbocycles. The lowest BCUT2D eigenvalue weighted by molar-refractivity contribution is 0.376. The van der Waals surface area contributed by atoms with Gasteiger partial charge in [-0.3, -0.25) is 4.79 Å². The predicted molar refractivity (Wildman–Crippen MR) is 107 cm³/mol. The summed E-state index contributed by atoms with van der Waals surface area (Å²) in [5.74, 6) is 1.10. The van der Waals surface area contributed by atoms with E-state index < -0.39 is 10.0 Å². The van der Waals surface area contributed by atoms with Crippen LogP contribution in [0.15, 0.2) is 56.7 Å². The molecule has 0 unspecified atom stereocenters. The third kappa shape index (κ3) is 3.79. The van der Waals surface area contributed by atoms with Gasteiger partial charge in [0.1, 0.15) is 5.75 Å². The first-order valence-corrected chi connectivity index (χ1v) is 10.7. The van der Waals surface area contributed by atoms with Gasteiger partial charge in [0.2, 0.25) is 21.7 Å². The smallest absolute Gasteiger partial charge is 0.307 e. The molecular weight excluding hydrogens is 416 g/mol. The molecule has 4 aromatic rings. The van der Waals surface area contributed by atoms with E-state index in [0.29, 0.717) is 27.4 Å². The number of benzene rings is 2. The second kappa shape index (κ2) is 7.43. The van der Waals surface area contributed by atoms with Crippen LogP contribution in [0.25, 0.3) is 21.6 Å². The minimum atomic E-state index is -3.82. The fraction of sp³-hybridized carbons (Fsp3) is 0.167. The van der Waals surface area contributed by atoms with Gasteiger partial charge in [-0.05, 0) is 30.3 Å². The third-order valence-electron chi connectivity index (χ3n) is 4.28. The molecule has 11 heteroatoms. The summed E-state index contributed by atoms with van der Waals surface area (Å²) >= 11 is 0.991. The Kier molecular flexibility index (Phi) is 4.94. The van der Waals surface area contributed by atoms with Gasteiger partial charge in [0.15, 0.2) is 0 Å². The molecule has 2 aromatic carbocycles. The number of nitrogens with zero attached hydrogens (tertiary/aromatic N) is 3. The van der Waals surface area contributed by atoms with E-state index in [-0.39, 0.29) is 22.2 Å². The predicted octanol–water partition coefficient (Wildman–Crippen LogP) is 2.14. The van der Waals surface area contributed by atoms with E-state index in [9.17, 15) is 13.2 Å². The number of ether oxygens (including phenoxy) is 1. The average molecular weight is 432 g/mol. The quantitative estimate of drug-likeness (QED) is 0.496. The van der Waals surface area contributed by atoms with Gasteiger partial charge in [0, 0.05) is 12.6 Å². The molecule has 4 rings (SSSR count). The van der Waals surface area contributed by atoms with Gasteiger partial charge in [0.25, 0.3) is 0 Å². The highest BCUT2D eigenvalue weighted by Gasteiger charge is 2.18. The standard InChI is InChI=1S/C18H16N4O5S2/c1-22-14-7-6-13(9-15(14)28-18(22)23)29(24,25)19-10-16-20-17(21-27-16)11-4-3-5-12(8-11)26-2/h3-9,19H,10H2,1-2H3. The normalized spacial score (nSPS) is 11.8. The highest BCUT2D eigenvalue weighted by Crippen LogP contribution is 2.22. The zero-order chi connectivity index (χ0) is 20.6. The van der Waals surface area contributed by atoms with Gasteiger partial charge in [-0.2, -0.15) is 4.98 Å². The van der Waals surface area contributed by atoms with Crippen molar-refractivity contribution in [2.24, 2.45) is 7.05 Å². The Morgan fingerprint density at radius 2 is 2.07 bits per heavy atom. The van der Waals surface area contributed by atoms with Crippen molar-refractivity contribution in [2.75, 3.05) is 7.11 Å². The Balaban J connectivity index is 1.52. The molecule has 0 bridgehead atoms. The number of sulfonamides is 1. The zero-order valence-corrected chi connectivity index (χ0v) is 17.1. The summed E-state index contributed by atoms with van der Waals surface area (Å²) in [5.41, 5.74) is 1.37. The zero-order valence-electron chi connectivity index (χ0n) is 15.4. The van der Waals surface area contributed by atoms with Gasteiger partial charge in [-0.1, -0.05) is 28.6 Å². The van der Waals surface area contributed by atoms with E-state index in [0.717, 1.165) is 11.3 Å². The molecule has 0 aliphatic rings. The van der Waals surface area contributed by atoms with E-state index >= 15 is 0 Å². The number of aromatic nitrogens is 3. The van der Waals surface area contributed by atoms with E-state index in [1.807, 2.05) is 0 Å². The number of methoxy groups -OCH3 is 1. The van der Waals surface area contributed by atoms with Crippen LogP contribution in [-0.2, 0) is 23.6 Å². The first-order chi connectivity index (χ1) is 13.9. The summed E-state index contributed by atoms with van der Waals surface area (Å²) < 4.78 is 40.0. The lowest BCUT2D eigenvalue weighted by Gasteiger charge is -2.05. The Morgan fingerprint density at radius 3 is 2.86 bits per heavy atom. The first kappa shape index (κ1) is 19.3. The van der Waals surface area contributed by atoms with Crippen LogP contribution in [0.1, 0.15) is 5.89 Å². The molecule has 0 spiro atoms. The molecule has 0 atom stereocenters. The van der Waals surface area contributed by atoms with Gasteiger partial charge in [-0.25, -0.2) is 13.1 Å². The van der Waals surface area contributed by atoms with Crippen LogP contribution < -0.4 is 14.3 Å². The molecule has 29 heavy (non-hydrogen) atoms. The van der Waals surface area contributed by atoms with E-state index in [1.165, 1.54) is 16.7 Å². The lowest BCUT2D eigenvalue weighted by Crippen LogP contribution is -2.23. The number of fused-ring (bicyclic) bond motifs is 1. The van der Waals surface area contributed by atoms with Crippen molar-refractivity contribution < 1.29 is 17.7 Å². The molecule has 1 N–H and O–H groups in total. The monoisotopic (exact) mass is 432 g/mol. The van der Waals surface area contributed by atoms with Crippen molar-refractivity contribution in [3.05, 3.63) is 58.0 Å². The molecule has 0 amide bonds. The molecule has 0 fully saturated rings. The number of rotatable bonds is 6. The van der Waals surface area contributed by atoms with Gasteiger partial charge < -0.3 is 13.8 Å². The van der Waals surface area contributed by atoms with Crippen LogP contribution in [0.2, 0.25) is 0 Å². The lowest BCUT2D eigenvalue weighted by atomic mass is 10.2. The summed E-state index contributed by atoms with van der Waals surface area (Å²) in [6.45, 7) is -0.164. The molecule has 2 aromatic heterocycles.